The number of para-hydroxylation sites is 1. The summed E-state index contributed by atoms with van der Waals surface area (Å²) in [5.74, 6) is 0. The van der Waals surface area contributed by atoms with Crippen LogP contribution >= 0.6 is 0 Å². The third kappa shape index (κ3) is 3.43. The molecular formula is C23H18N2. The summed E-state index contributed by atoms with van der Waals surface area (Å²) in [4.78, 5) is 0. The SMILES string of the molecule is C(=C\c1cc(-c2ccccc2)nn1-c1ccccc1)/c1ccccc1. The second kappa shape index (κ2) is 7.02. The Morgan fingerprint density at radius 1 is 0.640 bits per heavy atom. The van der Waals surface area contributed by atoms with Gasteiger partial charge in [0.25, 0.3) is 0 Å². The largest absolute Gasteiger partial charge is 0.233 e. The number of rotatable bonds is 4. The Kier molecular flexibility index (Phi) is 4.25. The molecule has 0 aliphatic heterocycles. The lowest BCUT2D eigenvalue weighted by Gasteiger charge is -2.04. The lowest BCUT2D eigenvalue weighted by Crippen LogP contribution is -1.98. The zero-order valence-corrected chi connectivity index (χ0v) is 13.8. The third-order valence-corrected chi connectivity index (χ3v) is 4.05. The van der Waals surface area contributed by atoms with E-state index in [-0.39, 0.29) is 0 Å². The van der Waals surface area contributed by atoms with Crippen LogP contribution in [0.2, 0.25) is 0 Å². The smallest absolute Gasteiger partial charge is 0.0933 e. The van der Waals surface area contributed by atoms with Crippen molar-refractivity contribution in [3.63, 3.8) is 0 Å². The van der Waals surface area contributed by atoms with Gasteiger partial charge in [0.15, 0.2) is 0 Å². The Hall–Kier alpha value is -3.39. The summed E-state index contributed by atoms with van der Waals surface area (Å²) in [5, 5.41) is 4.83. The molecule has 2 heteroatoms. The number of nitrogens with zero attached hydrogens (tertiary/aromatic N) is 2. The summed E-state index contributed by atoms with van der Waals surface area (Å²) >= 11 is 0. The van der Waals surface area contributed by atoms with E-state index in [4.69, 9.17) is 5.10 Å². The zero-order valence-electron chi connectivity index (χ0n) is 13.8. The first-order valence-electron chi connectivity index (χ1n) is 8.34. The molecule has 2 nitrogen and oxygen atoms in total. The molecule has 0 spiro atoms. The molecule has 0 unspecified atom stereocenters. The van der Waals surface area contributed by atoms with Crippen molar-refractivity contribution >= 4 is 12.2 Å². The highest BCUT2D eigenvalue weighted by Crippen LogP contribution is 2.23. The van der Waals surface area contributed by atoms with Crippen LogP contribution in [0, 0.1) is 0 Å². The van der Waals surface area contributed by atoms with Crippen molar-refractivity contribution in [2.24, 2.45) is 0 Å². The zero-order chi connectivity index (χ0) is 16.9. The molecule has 0 saturated carbocycles. The average Bonchev–Trinajstić information content (AvgIpc) is 3.13. The van der Waals surface area contributed by atoms with Crippen LogP contribution in [0.1, 0.15) is 11.3 Å². The third-order valence-electron chi connectivity index (χ3n) is 4.05. The number of aromatic nitrogens is 2. The molecule has 1 heterocycles. The summed E-state index contributed by atoms with van der Waals surface area (Å²) in [5.41, 5.74) is 5.36. The van der Waals surface area contributed by atoms with Gasteiger partial charge in [-0.1, -0.05) is 84.9 Å². The molecule has 0 saturated heterocycles. The monoisotopic (exact) mass is 322 g/mol. The molecule has 0 aliphatic carbocycles. The van der Waals surface area contributed by atoms with Crippen LogP contribution in [0.4, 0.5) is 0 Å². The molecule has 1 aromatic heterocycles. The second-order valence-corrected chi connectivity index (χ2v) is 5.81. The van der Waals surface area contributed by atoms with E-state index in [1.807, 2.05) is 59.3 Å². The minimum atomic E-state index is 0.970. The first-order valence-corrected chi connectivity index (χ1v) is 8.34. The van der Waals surface area contributed by atoms with Crippen LogP contribution in [0.3, 0.4) is 0 Å². The molecule has 0 bridgehead atoms. The summed E-state index contributed by atoms with van der Waals surface area (Å²) in [6.45, 7) is 0. The quantitative estimate of drug-likeness (QED) is 0.470. The highest BCUT2D eigenvalue weighted by Gasteiger charge is 2.09. The van der Waals surface area contributed by atoms with Crippen molar-refractivity contribution in [3.05, 3.63) is 108 Å². The van der Waals surface area contributed by atoms with Gasteiger partial charge in [-0.25, -0.2) is 4.68 Å². The van der Waals surface area contributed by atoms with Gasteiger partial charge in [0.05, 0.1) is 17.1 Å². The highest BCUT2D eigenvalue weighted by atomic mass is 15.3. The van der Waals surface area contributed by atoms with Gasteiger partial charge in [-0.15, -0.1) is 0 Å². The molecule has 4 aromatic rings. The van der Waals surface area contributed by atoms with Crippen molar-refractivity contribution in [2.45, 2.75) is 0 Å². The maximum absolute atomic E-state index is 4.83. The molecule has 25 heavy (non-hydrogen) atoms. The first-order chi connectivity index (χ1) is 12.4. The fourth-order valence-corrected chi connectivity index (χ4v) is 2.79. The van der Waals surface area contributed by atoms with Gasteiger partial charge in [-0.2, -0.15) is 5.10 Å². The summed E-state index contributed by atoms with van der Waals surface area (Å²) < 4.78 is 1.99. The van der Waals surface area contributed by atoms with E-state index in [2.05, 4.69) is 54.6 Å². The van der Waals surface area contributed by atoms with E-state index in [1.54, 1.807) is 0 Å². The minimum absolute atomic E-state index is 0.970. The Morgan fingerprint density at radius 3 is 1.92 bits per heavy atom. The maximum atomic E-state index is 4.83. The first kappa shape index (κ1) is 15.2. The van der Waals surface area contributed by atoms with E-state index in [1.165, 1.54) is 5.56 Å². The second-order valence-electron chi connectivity index (χ2n) is 5.81. The van der Waals surface area contributed by atoms with Crippen molar-refractivity contribution < 1.29 is 0 Å². The van der Waals surface area contributed by atoms with E-state index in [0.29, 0.717) is 0 Å². The standard InChI is InChI=1S/C23H18N2/c1-4-10-19(11-5-1)16-17-22-18-23(20-12-6-2-7-13-20)24-25(22)21-14-8-3-9-15-21/h1-18H/b17-16+. The predicted molar refractivity (Wildman–Crippen MR) is 104 cm³/mol. The van der Waals surface area contributed by atoms with Crippen molar-refractivity contribution in [1.82, 2.24) is 9.78 Å². The number of hydrogen-bond acceptors (Lipinski definition) is 1. The average molecular weight is 322 g/mol. The van der Waals surface area contributed by atoms with Gasteiger partial charge in [0.1, 0.15) is 0 Å². The van der Waals surface area contributed by atoms with E-state index < -0.39 is 0 Å². The molecule has 0 atom stereocenters. The fourth-order valence-electron chi connectivity index (χ4n) is 2.79. The summed E-state index contributed by atoms with van der Waals surface area (Å²) in [6, 6.07) is 32.9. The van der Waals surface area contributed by atoms with E-state index >= 15 is 0 Å². The van der Waals surface area contributed by atoms with Gasteiger partial charge >= 0.3 is 0 Å². The topological polar surface area (TPSA) is 17.8 Å². The van der Waals surface area contributed by atoms with Gasteiger partial charge in [0.2, 0.25) is 0 Å². The summed E-state index contributed by atoms with van der Waals surface area (Å²) in [6.07, 6.45) is 4.23. The molecule has 0 aliphatic rings. The maximum Gasteiger partial charge on any atom is 0.0933 e. The van der Waals surface area contributed by atoms with Crippen LogP contribution in [0.5, 0.6) is 0 Å². The van der Waals surface area contributed by atoms with Gasteiger partial charge in [-0.3, -0.25) is 0 Å². The van der Waals surface area contributed by atoms with Crippen LogP contribution in [0.25, 0.3) is 29.1 Å². The Bertz CT molecular complexity index is 969. The van der Waals surface area contributed by atoms with Gasteiger partial charge in [0, 0.05) is 5.56 Å². The lowest BCUT2D eigenvalue weighted by molar-refractivity contribution is 0.875. The van der Waals surface area contributed by atoms with Crippen molar-refractivity contribution in [2.75, 3.05) is 0 Å². The molecular weight excluding hydrogens is 304 g/mol. The van der Waals surface area contributed by atoms with Crippen molar-refractivity contribution in [1.29, 1.82) is 0 Å². The molecule has 0 amide bonds. The van der Waals surface area contributed by atoms with Crippen LogP contribution in [0.15, 0.2) is 97.1 Å². The number of benzene rings is 3. The molecule has 0 fully saturated rings. The molecule has 0 radical (unpaired) electrons. The van der Waals surface area contributed by atoms with E-state index in [0.717, 1.165) is 22.6 Å². The summed E-state index contributed by atoms with van der Waals surface area (Å²) in [7, 11) is 0. The Balaban J connectivity index is 1.78. The Labute approximate surface area is 147 Å². The van der Waals surface area contributed by atoms with E-state index in [9.17, 15) is 0 Å². The predicted octanol–water partition coefficient (Wildman–Crippen LogP) is 5.71. The fraction of sp³-hybridized carbons (Fsp3) is 0. The van der Waals surface area contributed by atoms with Gasteiger partial charge < -0.3 is 0 Å². The van der Waals surface area contributed by atoms with Crippen LogP contribution < -0.4 is 0 Å². The molecule has 0 N–H and O–H groups in total. The number of hydrogen-bond donors (Lipinski definition) is 0. The van der Waals surface area contributed by atoms with Gasteiger partial charge in [-0.05, 0) is 29.8 Å². The molecule has 4 rings (SSSR count). The van der Waals surface area contributed by atoms with Crippen molar-refractivity contribution in [3.8, 4) is 16.9 Å². The normalized spacial score (nSPS) is 11.0. The molecule has 3 aromatic carbocycles. The van der Waals surface area contributed by atoms with Crippen LogP contribution in [-0.2, 0) is 0 Å². The van der Waals surface area contributed by atoms with Crippen LogP contribution in [-0.4, -0.2) is 9.78 Å². The molecule has 120 valence electrons. The Morgan fingerprint density at radius 2 is 1.24 bits per heavy atom. The highest BCUT2D eigenvalue weighted by molar-refractivity contribution is 5.72. The lowest BCUT2D eigenvalue weighted by atomic mass is 10.1. The minimum Gasteiger partial charge on any atom is -0.233 e.